The van der Waals surface area contributed by atoms with Crippen LogP contribution in [0.1, 0.15) is 6.92 Å². The molecule has 1 N–H and O–H groups in total. The molecule has 1 rings (SSSR count). The molecule has 0 aliphatic heterocycles. The van der Waals surface area contributed by atoms with Gasteiger partial charge in [-0.15, -0.1) is 0 Å². The standard InChI is InChI=1S/C12H17F2NO2/c1-3-15-10(7-16-2)8-17-12-6-9(13)4-5-11(12)14/h4-6,10,15H,3,7-8H2,1-2H3. The van der Waals surface area contributed by atoms with Gasteiger partial charge in [-0.25, -0.2) is 8.78 Å². The number of ether oxygens (including phenoxy) is 2. The maximum absolute atomic E-state index is 13.2. The van der Waals surface area contributed by atoms with Gasteiger partial charge in [0.1, 0.15) is 12.4 Å². The third-order valence-electron chi connectivity index (χ3n) is 2.19. The van der Waals surface area contributed by atoms with E-state index in [1.165, 1.54) is 0 Å². The molecule has 1 unspecified atom stereocenters. The van der Waals surface area contributed by atoms with E-state index in [9.17, 15) is 8.78 Å². The molecule has 0 heterocycles. The summed E-state index contributed by atoms with van der Waals surface area (Å²) in [5.41, 5.74) is 0. The molecule has 0 amide bonds. The maximum Gasteiger partial charge on any atom is 0.165 e. The van der Waals surface area contributed by atoms with Crippen LogP contribution < -0.4 is 10.1 Å². The van der Waals surface area contributed by atoms with Crippen LogP contribution in [0.15, 0.2) is 18.2 Å². The maximum atomic E-state index is 13.2. The highest BCUT2D eigenvalue weighted by Gasteiger charge is 2.10. The first kappa shape index (κ1) is 13.9. The van der Waals surface area contributed by atoms with Crippen molar-refractivity contribution in [2.45, 2.75) is 13.0 Å². The van der Waals surface area contributed by atoms with E-state index in [0.29, 0.717) is 6.61 Å². The molecule has 5 heteroatoms. The van der Waals surface area contributed by atoms with Gasteiger partial charge in [0.2, 0.25) is 0 Å². The van der Waals surface area contributed by atoms with Crippen LogP contribution in [0.5, 0.6) is 5.75 Å². The summed E-state index contributed by atoms with van der Waals surface area (Å²) in [6.45, 7) is 3.38. The topological polar surface area (TPSA) is 30.5 Å². The lowest BCUT2D eigenvalue weighted by atomic mass is 10.3. The number of rotatable bonds is 7. The van der Waals surface area contributed by atoms with Crippen molar-refractivity contribution in [3.8, 4) is 5.75 Å². The van der Waals surface area contributed by atoms with Gasteiger partial charge in [0.05, 0.1) is 12.6 Å². The van der Waals surface area contributed by atoms with Gasteiger partial charge in [-0.2, -0.15) is 0 Å². The minimum atomic E-state index is -0.570. The van der Waals surface area contributed by atoms with Crippen LogP contribution in [0.2, 0.25) is 0 Å². The Bertz CT molecular complexity index is 341. The van der Waals surface area contributed by atoms with Crippen molar-refractivity contribution < 1.29 is 18.3 Å². The molecule has 1 aromatic rings. The smallest absolute Gasteiger partial charge is 0.165 e. The quantitative estimate of drug-likeness (QED) is 0.796. The first-order valence-electron chi connectivity index (χ1n) is 5.47. The lowest BCUT2D eigenvalue weighted by Gasteiger charge is -2.17. The molecule has 1 aromatic carbocycles. The Hall–Kier alpha value is -1.20. The zero-order valence-corrected chi connectivity index (χ0v) is 10.0. The normalized spacial score (nSPS) is 12.5. The number of hydrogen-bond acceptors (Lipinski definition) is 3. The van der Waals surface area contributed by atoms with Crippen molar-refractivity contribution in [1.29, 1.82) is 0 Å². The van der Waals surface area contributed by atoms with E-state index in [1.54, 1.807) is 7.11 Å². The molecule has 3 nitrogen and oxygen atoms in total. The second-order valence-electron chi connectivity index (χ2n) is 3.60. The van der Waals surface area contributed by atoms with Crippen molar-refractivity contribution in [2.75, 3.05) is 26.9 Å². The number of benzene rings is 1. The fourth-order valence-electron chi connectivity index (χ4n) is 1.43. The zero-order valence-electron chi connectivity index (χ0n) is 10.0. The van der Waals surface area contributed by atoms with Gasteiger partial charge in [0.25, 0.3) is 0 Å². The molecule has 0 saturated heterocycles. The number of hydrogen-bond donors (Lipinski definition) is 1. The van der Waals surface area contributed by atoms with Gasteiger partial charge in [0, 0.05) is 13.2 Å². The zero-order chi connectivity index (χ0) is 12.7. The summed E-state index contributed by atoms with van der Waals surface area (Å²) in [5, 5.41) is 3.12. The van der Waals surface area contributed by atoms with Crippen molar-refractivity contribution >= 4 is 0 Å². The highest BCUT2D eigenvalue weighted by atomic mass is 19.1. The Morgan fingerprint density at radius 1 is 1.29 bits per heavy atom. The molecule has 0 aliphatic carbocycles. The summed E-state index contributed by atoms with van der Waals surface area (Å²) < 4.78 is 36.3. The van der Waals surface area contributed by atoms with Crippen LogP contribution in [0.25, 0.3) is 0 Å². The van der Waals surface area contributed by atoms with Crippen molar-refractivity contribution in [3.05, 3.63) is 29.8 Å². The lowest BCUT2D eigenvalue weighted by Crippen LogP contribution is -2.38. The van der Waals surface area contributed by atoms with Gasteiger partial charge in [0.15, 0.2) is 11.6 Å². The Labute approximate surface area is 99.7 Å². The third-order valence-corrected chi connectivity index (χ3v) is 2.19. The van der Waals surface area contributed by atoms with E-state index in [-0.39, 0.29) is 18.4 Å². The Kier molecular flexibility index (Phi) is 5.86. The second kappa shape index (κ2) is 7.19. The van der Waals surface area contributed by atoms with Gasteiger partial charge >= 0.3 is 0 Å². The average Bonchev–Trinajstić information content (AvgIpc) is 2.30. The number of likely N-dealkylation sites (N-methyl/N-ethyl adjacent to an activating group) is 1. The minimum Gasteiger partial charge on any atom is -0.489 e. The summed E-state index contributed by atoms with van der Waals surface area (Å²) in [5.74, 6) is -1.17. The third kappa shape index (κ3) is 4.66. The van der Waals surface area contributed by atoms with Crippen molar-refractivity contribution in [2.24, 2.45) is 0 Å². The lowest BCUT2D eigenvalue weighted by molar-refractivity contribution is 0.135. The summed E-state index contributed by atoms with van der Waals surface area (Å²) >= 11 is 0. The van der Waals surface area contributed by atoms with E-state index >= 15 is 0 Å². The van der Waals surface area contributed by atoms with Crippen molar-refractivity contribution in [1.82, 2.24) is 5.32 Å². The van der Waals surface area contributed by atoms with E-state index in [0.717, 1.165) is 24.7 Å². The summed E-state index contributed by atoms with van der Waals surface area (Å²) in [4.78, 5) is 0. The second-order valence-corrected chi connectivity index (χ2v) is 3.60. The Balaban J connectivity index is 2.55. The van der Waals surface area contributed by atoms with Gasteiger partial charge in [-0.3, -0.25) is 0 Å². The van der Waals surface area contributed by atoms with E-state index in [4.69, 9.17) is 9.47 Å². The van der Waals surface area contributed by atoms with Crippen LogP contribution in [0.3, 0.4) is 0 Å². The van der Waals surface area contributed by atoms with Crippen LogP contribution in [0, 0.1) is 11.6 Å². The average molecular weight is 245 g/mol. The molecule has 0 bridgehead atoms. The molecule has 0 radical (unpaired) electrons. The molecule has 0 aromatic heterocycles. The molecule has 0 aliphatic rings. The first-order valence-corrected chi connectivity index (χ1v) is 5.47. The number of halogens is 2. The van der Waals surface area contributed by atoms with Gasteiger partial charge in [-0.1, -0.05) is 6.92 Å². The molecular formula is C12H17F2NO2. The van der Waals surface area contributed by atoms with Crippen molar-refractivity contribution in [3.63, 3.8) is 0 Å². The predicted octanol–water partition coefficient (Wildman–Crippen LogP) is 1.97. The molecule has 0 fully saturated rings. The van der Waals surface area contributed by atoms with E-state index < -0.39 is 11.6 Å². The molecule has 0 saturated carbocycles. The van der Waals surface area contributed by atoms with Crippen LogP contribution >= 0.6 is 0 Å². The fraction of sp³-hybridized carbons (Fsp3) is 0.500. The highest BCUT2D eigenvalue weighted by Crippen LogP contribution is 2.17. The summed E-state index contributed by atoms with van der Waals surface area (Å²) in [7, 11) is 1.58. The fourth-order valence-corrected chi connectivity index (χ4v) is 1.43. The molecule has 17 heavy (non-hydrogen) atoms. The van der Waals surface area contributed by atoms with E-state index in [2.05, 4.69) is 5.32 Å². The highest BCUT2D eigenvalue weighted by molar-refractivity contribution is 5.24. The largest absolute Gasteiger partial charge is 0.489 e. The van der Waals surface area contributed by atoms with Crippen LogP contribution in [-0.4, -0.2) is 32.9 Å². The predicted molar refractivity (Wildman–Crippen MR) is 61.2 cm³/mol. The van der Waals surface area contributed by atoms with Crippen LogP contribution in [-0.2, 0) is 4.74 Å². The number of methoxy groups -OCH3 is 1. The molecule has 96 valence electrons. The Morgan fingerprint density at radius 3 is 2.71 bits per heavy atom. The van der Waals surface area contributed by atoms with E-state index in [1.807, 2.05) is 6.92 Å². The van der Waals surface area contributed by atoms with Crippen LogP contribution in [0.4, 0.5) is 8.78 Å². The SMILES string of the molecule is CCNC(COC)COc1cc(F)ccc1F. The summed E-state index contributed by atoms with van der Waals surface area (Å²) in [6, 6.07) is 3.08. The van der Waals surface area contributed by atoms with Gasteiger partial charge < -0.3 is 14.8 Å². The molecule has 1 atom stereocenters. The monoisotopic (exact) mass is 245 g/mol. The first-order chi connectivity index (χ1) is 8.17. The molecule has 0 spiro atoms. The Morgan fingerprint density at radius 2 is 2.06 bits per heavy atom. The number of nitrogens with one attached hydrogen (secondary N) is 1. The van der Waals surface area contributed by atoms with Gasteiger partial charge in [-0.05, 0) is 18.7 Å². The minimum absolute atomic E-state index is 0.0485. The molecular weight excluding hydrogens is 228 g/mol. The summed E-state index contributed by atoms with van der Waals surface area (Å²) in [6.07, 6.45) is 0.